The molecule has 8 aromatic carbocycles. The number of amidine groups is 2. The molecule has 1 unspecified atom stereocenters. The number of aliphatic imine (C=N–C) groups is 2. The Bertz CT molecular complexity index is 2820. The molecule has 0 fully saturated rings. The van der Waals surface area contributed by atoms with Crippen LogP contribution in [0.1, 0.15) is 22.9 Å². The van der Waals surface area contributed by atoms with Crippen LogP contribution in [0.2, 0.25) is 0 Å². The number of hydrogen-bond donors (Lipinski definition) is 1. The first-order valence-corrected chi connectivity index (χ1v) is 17.3. The van der Waals surface area contributed by atoms with Crippen LogP contribution in [0.15, 0.2) is 190 Å². The number of benzene rings is 8. The minimum absolute atomic E-state index is 0.498. The first-order chi connectivity index (χ1) is 25.3. The van der Waals surface area contributed by atoms with E-state index in [1.807, 2.05) is 30.3 Å². The van der Waals surface area contributed by atoms with Gasteiger partial charge < -0.3 is 9.73 Å². The third-order valence-electron chi connectivity index (χ3n) is 9.94. The molecule has 1 N–H and O–H groups in total. The van der Waals surface area contributed by atoms with E-state index in [1.54, 1.807) is 0 Å². The Morgan fingerprint density at radius 1 is 0.431 bits per heavy atom. The average Bonchev–Trinajstić information content (AvgIpc) is 3.60. The lowest BCUT2D eigenvalue weighted by Crippen LogP contribution is -2.36. The van der Waals surface area contributed by atoms with Gasteiger partial charge in [-0.1, -0.05) is 164 Å². The number of nitrogens with zero attached hydrogens (tertiary/aromatic N) is 2. The van der Waals surface area contributed by atoms with Crippen molar-refractivity contribution in [3.63, 3.8) is 0 Å². The Hall–Kier alpha value is -6.78. The second-order valence-electron chi connectivity index (χ2n) is 13.0. The van der Waals surface area contributed by atoms with E-state index in [2.05, 4.69) is 151 Å². The van der Waals surface area contributed by atoms with E-state index in [1.165, 1.54) is 27.1 Å². The summed E-state index contributed by atoms with van der Waals surface area (Å²) in [4.78, 5) is 10.6. The summed E-state index contributed by atoms with van der Waals surface area (Å²) in [5, 5.41) is 10.5. The summed E-state index contributed by atoms with van der Waals surface area (Å²) in [6, 6.07) is 61.6. The molecule has 4 nitrogen and oxygen atoms in total. The summed E-state index contributed by atoms with van der Waals surface area (Å²) in [6.07, 6.45) is -0.498. The minimum atomic E-state index is -0.498. The van der Waals surface area contributed by atoms with Gasteiger partial charge in [0, 0.05) is 33.0 Å². The first-order valence-electron chi connectivity index (χ1n) is 17.3. The molecule has 2 heterocycles. The zero-order valence-corrected chi connectivity index (χ0v) is 27.6. The number of fused-ring (bicyclic) bond motifs is 5. The molecule has 4 heteroatoms. The largest absolute Gasteiger partial charge is 0.455 e. The van der Waals surface area contributed by atoms with Gasteiger partial charge in [-0.15, -0.1) is 0 Å². The number of furan rings is 1. The van der Waals surface area contributed by atoms with Crippen LogP contribution in [-0.2, 0) is 0 Å². The molecule has 0 saturated heterocycles. The normalized spacial score (nSPS) is 14.5. The van der Waals surface area contributed by atoms with Crippen molar-refractivity contribution in [3.05, 3.63) is 193 Å². The fourth-order valence-corrected chi connectivity index (χ4v) is 7.41. The lowest BCUT2D eigenvalue weighted by atomic mass is 9.94. The zero-order chi connectivity index (χ0) is 33.7. The standard InChI is InChI=1S/C47H31N3O/c1-2-13-33(14-3-1)45-48-46(34-24-21-31(22-25-34)36-26-23-30-11-4-5-15-35(30)29-36)50-47(49-45)41-28-27-39(38-19-10-16-32-12-6-7-17-37(32)38)44-43(41)40-18-8-9-20-42(40)51-44/h1-29,47H,(H,48,49,50). The van der Waals surface area contributed by atoms with Crippen LogP contribution in [0.4, 0.5) is 0 Å². The maximum Gasteiger partial charge on any atom is 0.170 e. The minimum Gasteiger partial charge on any atom is -0.455 e. The average molecular weight is 654 g/mol. The number of para-hydroxylation sites is 1. The quantitative estimate of drug-likeness (QED) is 0.201. The molecule has 1 aromatic heterocycles. The second kappa shape index (κ2) is 12.0. The fourth-order valence-electron chi connectivity index (χ4n) is 7.41. The van der Waals surface area contributed by atoms with Crippen molar-refractivity contribution in [2.75, 3.05) is 0 Å². The molecule has 51 heavy (non-hydrogen) atoms. The third kappa shape index (κ3) is 5.08. The summed E-state index contributed by atoms with van der Waals surface area (Å²) >= 11 is 0. The number of rotatable bonds is 5. The van der Waals surface area contributed by atoms with Gasteiger partial charge in [0.05, 0.1) is 0 Å². The monoisotopic (exact) mass is 653 g/mol. The van der Waals surface area contributed by atoms with E-state index in [9.17, 15) is 0 Å². The van der Waals surface area contributed by atoms with E-state index < -0.39 is 6.17 Å². The Morgan fingerprint density at radius 3 is 1.88 bits per heavy atom. The highest BCUT2D eigenvalue weighted by Gasteiger charge is 2.26. The molecule has 240 valence electrons. The van der Waals surface area contributed by atoms with Crippen molar-refractivity contribution in [1.29, 1.82) is 0 Å². The molecular weight excluding hydrogens is 623 g/mol. The smallest absolute Gasteiger partial charge is 0.170 e. The van der Waals surface area contributed by atoms with Crippen LogP contribution >= 0.6 is 0 Å². The van der Waals surface area contributed by atoms with Crippen molar-refractivity contribution in [2.24, 2.45) is 9.98 Å². The molecule has 0 aliphatic carbocycles. The number of nitrogens with one attached hydrogen (secondary N) is 1. The molecule has 0 spiro atoms. The second-order valence-corrected chi connectivity index (χ2v) is 13.0. The highest BCUT2D eigenvalue weighted by molar-refractivity contribution is 6.17. The SMILES string of the molecule is c1ccc(C2=NC(c3ccc(-c4cccc5ccccc45)c4oc5ccccc5c34)N=C(c3ccc(-c4ccc5ccccc5c4)cc3)N2)cc1. The molecular formula is C47H31N3O. The van der Waals surface area contributed by atoms with Gasteiger partial charge in [0.1, 0.15) is 22.8 Å². The molecule has 0 amide bonds. The summed E-state index contributed by atoms with van der Waals surface area (Å²) in [5.74, 6) is 1.56. The highest BCUT2D eigenvalue weighted by Crippen LogP contribution is 2.43. The van der Waals surface area contributed by atoms with Gasteiger partial charge in [-0.25, -0.2) is 9.98 Å². The summed E-state index contributed by atoms with van der Waals surface area (Å²) in [6.45, 7) is 0. The summed E-state index contributed by atoms with van der Waals surface area (Å²) in [7, 11) is 0. The Balaban J connectivity index is 1.13. The summed E-state index contributed by atoms with van der Waals surface area (Å²) < 4.78 is 6.71. The lowest BCUT2D eigenvalue weighted by Gasteiger charge is -2.23. The topological polar surface area (TPSA) is 49.9 Å². The van der Waals surface area contributed by atoms with Crippen LogP contribution in [-0.4, -0.2) is 11.7 Å². The van der Waals surface area contributed by atoms with Gasteiger partial charge in [0.25, 0.3) is 0 Å². The van der Waals surface area contributed by atoms with Crippen LogP contribution in [0.3, 0.4) is 0 Å². The molecule has 1 aliphatic rings. The van der Waals surface area contributed by atoms with Crippen molar-refractivity contribution in [2.45, 2.75) is 6.17 Å². The predicted octanol–water partition coefficient (Wildman–Crippen LogP) is 11.7. The Kier molecular flexibility index (Phi) is 6.85. The van der Waals surface area contributed by atoms with Gasteiger partial charge >= 0.3 is 0 Å². The zero-order valence-electron chi connectivity index (χ0n) is 27.6. The van der Waals surface area contributed by atoms with E-state index in [0.717, 1.165) is 67.0 Å². The van der Waals surface area contributed by atoms with E-state index in [4.69, 9.17) is 14.4 Å². The van der Waals surface area contributed by atoms with Crippen LogP contribution in [0, 0.1) is 0 Å². The lowest BCUT2D eigenvalue weighted by molar-refractivity contribution is 0.669. The van der Waals surface area contributed by atoms with Crippen molar-refractivity contribution in [1.82, 2.24) is 5.32 Å². The van der Waals surface area contributed by atoms with E-state index in [0.29, 0.717) is 0 Å². The maximum atomic E-state index is 6.71. The van der Waals surface area contributed by atoms with Crippen LogP contribution < -0.4 is 5.32 Å². The Morgan fingerprint density at radius 2 is 1.06 bits per heavy atom. The molecule has 9 aromatic rings. The van der Waals surface area contributed by atoms with Gasteiger partial charge in [-0.2, -0.15) is 0 Å². The molecule has 0 saturated carbocycles. The third-order valence-corrected chi connectivity index (χ3v) is 9.94. The van der Waals surface area contributed by atoms with Gasteiger partial charge in [0.2, 0.25) is 0 Å². The van der Waals surface area contributed by atoms with Gasteiger partial charge in [0.15, 0.2) is 6.17 Å². The highest BCUT2D eigenvalue weighted by atomic mass is 16.3. The predicted molar refractivity (Wildman–Crippen MR) is 211 cm³/mol. The van der Waals surface area contributed by atoms with Crippen molar-refractivity contribution >= 4 is 55.2 Å². The van der Waals surface area contributed by atoms with Crippen molar-refractivity contribution in [3.8, 4) is 22.3 Å². The van der Waals surface area contributed by atoms with Crippen LogP contribution in [0.25, 0.3) is 65.7 Å². The summed E-state index contributed by atoms with van der Waals surface area (Å²) in [5.41, 5.74) is 9.21. The molecule has 10 rings (SSSR count). The molecule has 1 aliphatic heterocycles. The van der Waals surface area contributed by atoms with Crippen molar-refractivity contribution < 1.29 is 4.42 Å². The fraction of sp³-hybridized carbons (Fsp3) is 0.0213. The van der Waals surface area contributed by atoms with Crippen LogP contribution in [0.5, 0.6) is 0 Å². The molecule has 1 atom stereocenters. The molecule has 0 radical (unpaired) electrons. The first kappa shape index (κ1) is 29.2. The maximum absolute atomic E-state index is 6.71. The number of hydrogen-bond acceptors (Lipinski definition) is 4. The van der Waals surface area contributed by atoms with E-state index >= 15 is 0 Å². The Labute approximate surface area is 295 Å². The van der Waals surface area contributed by atoms with E-state index in [-0.39, 0.29) is 0 Å². The van der Waals surface area contributed by atoms with Gasteiger partial charge in [-0.05, 0) is 50.4 Å². The van der Waals surface area contributed by atoms with Gasteiger partial charge in [-0.3, -0.25) is 0 Å². The molecule has 0 bridgehead atoms.